The number of carboxylic acids is 1. The third-order valence-corrected chi connectivity index (χ3v) is 5.08. The molecule has 0 radical (unpaired) electrons. The summed E-state index contributed by atoms with van der Waals surface area (Å²) in [5, 5.41) is 17.3. The first kappa shape index (κ1) is 24.7. The summed E-state index contributed by atoms with van der Waals surface area (Å²) in [4.78, 5) is 24.3. The lowest BCUT2D eigenvalue weighted by Crippen LogP contribution is -2.49. The van der Waals surface area contributed by atoms with Gasteiger partial charge in [0.15, 0.2) is 0 Å². The zero-order chi connectivity index (χ0) is 24.7. The molecular weight excluding hydrogens is 458 g/mol. The maximum Gasteiger partial charge on any atom is 0.340 e. The Hall–Kier alpha value is -3.95. The number of aromatic nitrogens is 2. The number of aryl methyl sites for hydroxylation is 1. The number of carbonyl (C=O) groups is 2. The Labute approximate surface area is 201 Å². The standard InChI is InChI=1S/C13H13ClN2O3.C11H11N3O/c14-9-3-1-8(2-4-9)7-16-11(15)6-5-10(12(16)17)13(18)19;1-8-2-7-11(14-13-8)15-10-5-3-9(12)4-6-10/h1-5,11H,6-7,15H2,(H,18,19);2-7H,12H2,1H3. The third-order valence-electron chi connectivity index (χ3n) is 4.83. The number of aliphatic carboxylic acids is 1. The Bertz CT molecular complexity index is 1120. The highest BCUT2D eigenvalue weighted by Gasteiger charge is 2.31. The summed E-state index contributed by atoms with van der Waals surface area (Å²) in [5.41, 5.74) is 13.6. The minimum atomic E-state index is -1.22. The molecule has 3 aromatic rings. The SMILES string of the molecule is Cc1ccc(Oc2ccc(N)cc2)nn1.NC1CC=C(C(=O)O)C(=O)N1Cc1ccc(Cl)cc1. The summed E-state index contributed by atoms with van der Waals surface area (Å²) in [6, 6.07) is 17.7. The molecule has 176 valence electrons. The van der Waals surface area contributed by atoms with Crippen LogP contribution in [0.15, 0.2) is 72.3 Å². The van der Waals surface area contributed by atoms with Crippen LogP contribution in [0.5, 0.6) is 11.6 Å². The number of hydrogen-bond donors (Lipinski definition) is 3. The summed E-state index contributed by atoms with van der Waals surface area (Å²) < 4.78 is 5.46. The quantitative estimate of drug-likeness (QED) is 0.370. The van der Waals surface area contributed by atoms with E-state index in [-0.39, 0.29) is 12.1 Å². The van der Waals surface area contributed by atoms with E-state index >= 15 is 0 Å². The third kappa shape index (κ3) is 6.77. The molecule has 1 aliphatic heterocycles. The van der Waals surface area contributed by atoms with E-state index in [0.29, 0.717) is 28.8 Å². The normalized spacial score (nSPS) is 15.1. The Kier molecular flexibility index (Phi) is 8.18. The van der Waals surface area contributed by atoms with Crippen LogP contribution in [0.2, 0.25) is 5.02 Å². The van der Waals surface area contributed by atoms with Gasteiger partial charge in [-0.05, 0) is 55.0 Å². The van der Waals surface area contributed by atoms with E-state index in [0.717, 1.165) is 11.3 Å². The van der Waals surface area contributed by atoms with Crippen molar-refractivity contribution in [1.29, 1.82) is 0 Å². The summed E-state index contributed by atoms with van der Waals surface area (Å²) in [5.74, 6) is -0.605. The van der Waals surface area contributed by atoms with E-state index in [9.17, 15) is 9.59 Å². The van der Waals surface area contributed by atoms with E-state index in [1.807, 2.05) is 13.0 Å². The summed E-state index contributed by atoms with van der Waals surface area (Å²) in [6.45, 7) is 2.14. The molecule has 9 nitrogen and oxygen atoms in total. The van der Waals surface area contributed by atoms with E-state index < -0.39 is 18.0 Å². The summed E-state index contributed by atoms with van der Waals surface area (Å²) in [6.07, 6.45) is 1.19. The molecule has 2 heterocycles. The van der Waals surface area contributed by atoms with Crippen molar-refractivity contribution in [2.24, 2.45) is 5.73 Å². The van der Waals surface area contributed by atoms with Crippen molar-refractivity contribution in [2.45, 2.75) is 26.1 Å². The fraction of sp³-hybridized carbons (Fsp3) is 0.167. The van der Waals surface area contributed by atoms with Crippen LogP contribution < -0.4 is 16.2 Å². The van der Waals surface area contributed by atoms with Gasteiger partial charge in [0, 0.05) is 29.7 Å². The first-order chi connectivity index (χ1) is 16.2. The Morgan fingerprint density at radius 2 is 1.79 bits per heavy atom. The number of nitrogens with two attached hydrogens (primary N) is 2. The largest absolute Gasteiger partial charge is 0.478 e. The minimum absolute atomic E-state index is 0.226. The van der Waals surface area contributed by atoms with Gasteiger partial charge in [-0.15, -0.1) is 5.10 Å². The maximum absolute atomic E-state index is 12.0. The lowest BCUT2D eigenvalue weighted by Gasteiger charge is -2.31. The number of nitrogens with zero attached hydrogens (tertiary/aromatic N) is 3. The van der Waals surface area contributed by atoms with Gasteiger partial charge in [0.05, 0.1) is 11.9 Å². The zero-order valence-electron chi connectivity index (χ0n) is 18.4. The van der Waals surface area contributed by atoms with E-state index in [1.165, 1.54) is 11.0 Å². The first-order valence-corrected chi connectivity index (χ1v) is 10.7. The number of hydrogen-bond acceptors (Lipinski definition) is 7. The van der Waals surface area contributed by atoms with E-state index in [2.05, 4.69) is 10.2 Å². The van der Waals surface area contributed by atoms with Crippen LogP contribution >= 0.6 is 11.6 Å². The van der Waals surface area contributed by atoms with Crippen LogP contribution in [0.1, 0.15) is 17.7 Å². The second-order valence-electron chi connectivity index (χ2n) is 7.47. The minimum Gasteiger partial charge on any atom is -0.478 e. The van der Waals surface area contributed by atoms with Crippen molar-refractivity contribution < 1.29 is 19.4 Å². The Morgan fingerprint density at radius 1 is 1.12 bits per heavy atom. The molecule has 1 atom stereocenters. The number of halogens is 1. The molecule has 0 aliphatic carbocycles. The van der Waals surface area contributed by atoms with Crippen LogP contribution in [0.4, 0.5) is 5.69 Å². The molecule has 1 aromatic heterocycles. The highest BCUT2D eigenvalue weighted by Crippen LogP contribution is 2.20. The van der Waals surface area contributed by atoms with E-state index in [1.54, 1.807) is 54.6 Å². The van der Waals surface area contributed by atoms with Crippen LogP contribution in [-0.2, 0) is 16.1 Å². The fourth-order valence-corrected chi connectivity index (χ4v) is 3.14. The molecule has 0 fully saturated rings. The van der Waals surface area contributed by atoms with Gasteiger partial charge in [0.1, 0.15) is 11.3 Å². The number of amides is 1. The first-order valence-electron chi connectivity index (χ1n) is 10.3. The molecule has 34 heavy (non-hydrogen) atoms. The molecule has 0 saturated heterocycles. The lowest BCUT2D eigenvalue weighted by molar-refractivity contribution is -0.139. The van der Waals surface area contributed by atoms with Crippen molar-refractivity contribution in [3.05, 3.63) is 88.6 Å². The number of ether oxygens (including phenoxy) is 1. The van der Waals surface area contributed by atoms with Gasteiger partial charge in [-0.25, -0.2) is 4.79 Å². The predicted octanol–water partition coefficient (Wildman–Crippen LogP) is 3.53. The van der Waals surface area contributed by atoms with Gasteiger partial charge in [-0.3, -0.25) is 4.79 Å². The Balaban J connectivity index is 0.000000196. The molecule has 0 spiro atoms. The van der Waals surface area contributed by atoms with Crippen LogP contribution in [-0.4, -0.2) is 38.2 Å². The predicted molar refractivity (Wildman–Crippen MR) is 128 cm³/mol. The highest BCUT2D eigenvalue weighted by molar-refractivity contribution is 6.30. The second-order valence-corrected chi connectivity index (χ2v) is 7.91. The molecule has 1 amide bonds. The van der Waals surface area contributed by atoms with Crippen LogP contribution in [0.25, 0.3) is 0 Å². The van der Waals surface area contributed by atoms with Gasteiger partial charge in [0.2, 0.25) is 5.88 Å². The highest BCUT2D eigenvalue weighted by atomic mass is 35.5. The second kappa shape index (κ2) is 11.3. The number of rotatable bonds is 5. The van der Waals surface area contributed by atoms with Crippen molar-refractivity contribution in [3.63, 3.8) is 0 Å². The van der Waals surface area contributed by atoms with Gasteiger partial charge < -0.3 is 26.2 Å². The van der Waals surface area contributed by atoms with Crippen LogP contribution in [0, 0.1) is 6.92 Å². The summed E-state index contributed by atoms with van der Waals surface area (Å²) >= 11 is 5.78. The molecule has 1 unspecified atom stereocenters. The van der Waals surface area contributed by atoms with Gasteiger partial charge in [-0.1, -0.05) is 29.8 Å². The lowest BCUT2D eigenvalue weighted by atomic mass is 10.1. The average Bonchev–Trinajstić information content (AvgIpc) is 2.81. The molecular formula is C24H24ClN5O4. The molecule has 1 aliphatic rings. The molecule has 0 bridgehead atoms. The number of anilines is 1. The molecule has 0 saturated carbocycles. The van der Waals surface area contributed by atoms with Crippen molar-refractivity contribution in [3.8, 4) is 11.6 Å². The zero-order valence-corrected chi connectivity index (χ0v) is 19.1. The van der Waals surface area contributed by atoms with E-state index in [4.69, 9.17) is 32.9 Å². The monoisotopic (exact) mass is 481 g/mol. The molecule has 4 rings (SSSR count). The number of nitrogen functional groups attached to an aromatic ring is 1. The maximum atomic E-state index is 12.0. The van der Waals surface area contributed by atoms with Crippen LogP contribution in [0.3, 0.4) is 0 Å². The molecule has 10 heteroatoms. The Morgan fingerprint density at radius 3 is 2.38 bits per heavy atom. The van der Waals surface area contributed by atoms with Gasteiger partial charge in [0.25, 0.3) is 5.91 Å². The number of carboxylic acid groups (broad SMARTS) is 1. The van der Waals surface area contributed by atoms with Gasteiger partial charge in [-0.2, -0.15) is 5.10 Å². The molecule has 5 N–H and O–H groups in total. The van der Waals surface area contributed by atoms with Crippen molar-refractivity contribution >= 4 is 29.2 Å². The number of benzene rings is 2. The molecule has 2 aromatic carbocycles. The van der Waals surface area contributed by atoms with Crippen molar-refractivity contribution in [2.75, 3.05) is 5.73 Å². The fourth-order valence-electron chi connectivity index (χ4n) is 3.01. The van der Waals surface area contributed by atoms with Gasteiger partial charge >= 0.3 is 5.97 Å². The van der Waals surface area contributed by atoms with Crippen molar-refractivity contribution in [1.82, 2.24) is 15.1 Å². The average molecular weight is 482 g/mol. The summed E-state index contributed by atoms with van der Waals surface area (Å²) in [7, 11) is 0. The number of carbonyl (C=O) groups excluding carboxylic acids is 1. The smallest absolute Gasteiger partial charge is 0.340 e. The topological polar surface area (TPSA) is 145 Å².